The van der Waals surface area contributed by atoms with Crippen LogP contribution in [-0.4, -0.2) is 6.71 Å². The predicted octanol–water partition coefficient (Wildman–Crippen LogP) is 17.0. The van der Waals surface area contributed by atoms with Crippen molar-refractivity contribution in [3.05, 3.63) is 244 Å². The average molecular weight is 971 g/mol. The highest BCUT2D eigenvalue weighted by Crippen LogP contribution is 2.67. The maximum absolute atomic E-state index is 2.66. The van der Waals surface area contributed by atoms with Gasteiger partial charge in [0, 0.05) is 43.7 Å². The Hall–Kier alpha value is -7.66. The SMILES string of the molecule is Cc1ccc(N2c3cc(-c4cc(C(C)(C)C)ccc4-c4ccccc4)ccc3B3c4sc5c(c4N(c4ccc(C)cc4)c4cc(C)cc2c43)-c2ccc(C(C)(C)C)cc2C52c3ccccc3-c3ccccc32)cc1. The quantitative estimate of drug-likeness (QED) is 0.162. The fraction of sp³-hybridized carbons (Fsp3) is 0.171. The van der Waals surface area contributed by atoms with Crippen molar-refractivity contribution < 1.29 is 0 Å². The highest BCUT2D eigenvalue weighted by molar-refractivity contribution is 7.30. The molecule has 2 nitrogen and oxygen atoms in total. The lowest BCUT2D eigenvalue weighted by atomic mass is 9.36. The van der Waals surface area contributed by atoms with Gasteiger partial charge in [-0.3, -0.25) is 0 Å². The van der Waals surface area contributed by atoms with E-state index in [4.69, 9.17) is 0 Å². The van der Waals surface area contributed by atoms with Crippen molar-refractivity contribution in [2.75, 3.05) is 9.80 Å². The Labute approximate surface area is 441 Å². The van der Waals surface area contributed by atoms with Crippen LogP contribution in [0.2, 0.25) is 0 Å². The summed E-state index contributed by atoms with van der Waals surface area (Å²) in [5.41, 5.74) is 30.4. The van der Waals surface area contributed by atoms with Crippen LogP contribution in [0.3, 0.4) is 0 Å². The first kappa shape index (κ1) is 45.0. The van der Waals surface area contributed by atoms with Crippen LogP contribution in [0.4, 0.5) is 34.1 Å². The largest absolute Gasteiger partial charge is 0.311 e. The van der Waals surface area contributed by atoms with E-state index in [-0.39, 0.29) is 17.5 Å². The third-order valence-corrected chi connectivity index (χ3v) is 18.1. The number of fused-ring (bicyclic) bond motifs is 15. The molecule has 14 rings (SSSR count). The summed E-state index contributed by atoms with van der Waals surface area (Å²) in [6.07, 6.45) is 0. The van der Waals surface area contributed by atoms with Gasteiger partial charge < -0.3 is 9.80 Å². The number of nitrogens with zero attached hydrogens (tertiary/aromatic N) is 2. The van der Waals surface area contributed by atoms with E-state index in [1.165, 1.54) is 138 Å². The van der Waals surface area contributed by atoms with Gasteiger partial charge >= 0.3 is 0 Å². The standard InChI is InChI=1S/C70H59BN2S/c1-42-23-30-49(31-24-42)72-60-39-46(55-40-47(68(4,5)6)28-34-51(55)45-17-11-10-12-18-45)27-36-59(60)71-64-61(72)37-44(3)38-62(64)73(50-32-25-43(2)26-33-50)65-63-54-35-29-48(69(7,8)9)41-58(54)70(66(63)74-67(65)71)56-21-15-13-19-52(56)53-20-14-16-22-57(53)70/h10-41H,1-9H3. The minimum absolute atomic E-state index is 0.0228. The summed E-state index contributed by atoms with van der Waals surface area (Å²) < 4.78 is 1.40. The maximum Gasteiger partial charge on any atom is 0.264 e. The topological polar surface area (TPSA) is 6.48 Å². The Kier molecular flexibility index (Phi) is 9.68. The van der Waals surface area contributed by atoms with Gasteiger partial charge in [0.05, 0.1) is 11.1 Å². The highest BCUT2D eigenvalue weighted by Gasteiger charge is 2.57. The molecule has 0 saturated heterocycles. The monoisotopic (exact) mass is 970 g/mol. The van der Waals surface area contributed by atoms with E-state index in [1.54, 1.807) is 0 Å². The fourth-order valence-electron chi connectivity index (χ4n) is 13.1. The molecule has 9 aromatic carbocycles. The van der Waals surface area contributed by atoms with Gasteiger partial charge in [-0.2, -0.15) is 0 Å². The van der Waals surface area contributed by atoms with E-state index >= 15 is 0 Å². The van der Waals surface area contributed by atoms with Crippen molar-refractivity contribution in [1.29, 1.82) is 0 Å². The van der Waals surface area contributed by atoms with Crippen LogP contribution in [0.1, 0.15) is 90.9 Å². The van der Waals surface area contributed by atoms with Crippen molar-refractivity contribution in [1.82, 2.24) is 0 Å². The summed E-state index contributed by atoms with van der Waals surface area (Å²) in [6, 6.07) is 75.0. The molecule has 0 bridgehead atoms. The van der Waals surface area contributed by atoms with Gasteiger partial charge in [-0.25, -0.2) is 0 Å². The van der Waals surface area contributed by atoms with Gasteiger partial charge in [0.15, 0.2) is 0 Å². The lowest BCUT2D eigenvalue weighted by Crippen LogP contribution is -2.60. The minimum atomic E-state index is -0.494. The Morgan fingerprint density at radius 3 is 1.59 bits per heavy atom. The molecule has 1 spiro atoms. The molecule has 0 amide bonds. The second-order valence-corrected chi connectivity index (χ2v) is 24.6. The molecule has 358 valence electrons. The van der Waals surface area contributed by atoms with Crippen molar-refractivity contribution in [3.63, 3.8) is 0 Å². The molecule has 10 aromatic rings. The van der Waals surface area contributed by atoms with E-state index in [2.05, 4.69) is 278 Å². The molecule has 0 fully saturated rings. The third-order valence-electron chi connectivity index (χ3n) is 16.7. The molecule has 2 aliphatic carbocycles. The van der Waals surface area contributed by atoms with E-state index in [9.17, 15) is 0 Å². The zero-order valence-corrected chi connectivity index (χ0v) is 44.7. The second kappa shape index (κ2) is 15.9. The number of hydrogen-bond donors (Lipinski definition) is 0. The molecule has 2 aliphatic heterocycles. The Morgan fingerprint density at radius 1 is 0.419 bits per heavy atom. The van der Waals surface area contributed by atoms with Crippen LogP contribution < -0.4 is 25.5 Å². The molecule has 0 radical (unpaired) electrons. The molecule has 3 heterocycles. The maximum atomic E-state index is 2.66. The van der Waals surface area contributed by atoms with E-state index in [0.717, 1.165) is 5.69 Å². The first-order chi connectivity index (χ1) is 35.7. The number of anilines is 6. The number of thiophene rings is 1. The third kappa shape index (κ3) is 6.37. The first-order valence-corrected chi connectivity index (χ1v) is 27.3. The Balaban J connectivity index is 1.11. The Bertz CT molecular complexity index is 3910. The van der Waals surface area contributed by atoms with Crippen molar-refractivity contribution >= 4 is 67.9 Å². The van der Waals surface area contributed by atoms with E-state index in [0.29, 0.717) is 0 Å². The molecule has 4 aliphatic rings. The zero-order chi connectivity index (χ0) is 50.6. The molecule has 0 N–H and O–H groups in total. The second-order valence-electron chi connectivity index (χ2n) is 23.5. The average Bonchev–Trinajstić information content (AvgIpc) is 4.03. The zero-order valence-electron chi connectivity index (χ0n) is 43.9. The molecule has 0 unspecified atom stereocenters. The number of benzene rings is 9. The lowest BCUT2D eigenvalue weighted by molar-refractivity contribution is 0.588. The molecule has 4 heteroatoms. The minimum Gasteiger partial charge on any atom is -0.311 e. The van der Waals surface area contributed by atoms with Gasteiger partial charge in [0.1, 0.15) is 0 Å². The highest BCUT2D eigenvalue weighted by atomic mass is 32.1. The van der Waals surface area contributed by atoms with Crippen LogP contribution >= 0.6 is 11.3 Å². The van der Waals surface area contributed by atoms with Crippen LogP contribution in [0.15, 0.2) is 194 Å². The van der Waals surface area contributed by atoms with E-state index < -0.39 is 5.41 Å². The number of hydrogen-bond acceptors (Lipinski definition) is 3. The smallest absolute Gasteiger partial charge is 0.264 e. The summed E-state index contributed by atoms with van der Waals surface area (Å²) in [5, 5.41) is 0. The summed E-state index contributed by atoms with van der Waals surface area (Å²) in [7, 11) is 0. The summed E-state index contributed by atoms with van der Waals surface area (Å²) in [5.74, 6) is 0. The normalized spacial score (nSPS) is 14.3. The molecular weight excluding hydrogens is 912 g/mol. The summed E-state index contributed by atoms with van der Waals surface area (Å²) in [4.78, 5) is 6.68. The molecule has 74 heavy (non-hydrogen) atoms. The fourth-order valence-corrected chi connectivity index (χ4v) is 14.8. The molecule has 0 atom stereocenters. The summed E-state index contributed by atoms with van der Waals surface area (Å²) >= 11 is 2.07. The summed E-state index contributed by atoms with van der Waals surface area (Å²) in [6.45, 7) is 20.7. The van der Waals surface area contributed by atoms with Gasteiger partial charge in [0.2, 0.25) is 0 Å². The van der Waals surface area contributed by atoms with Crippen LogP contribution in [-0.2, 0) is 16.2 Å². The first-order valence-electron chi connectivity index (χ1n) is 26.4. The van der Waals surface area contributed by atoms with Gasteiger partial charge in [0.25, 0.3) is 6.71 Å². The van der Waals surface area contributed by atoms with Crippen LogP contribution in [0.25, 0.3) is 44.5 Å². The van der Waals surface area contributed by atoms with Gasteiger partial charge in [-0.1, -0.05) is 204 Å². The van der Waals surface area contributed by atoms with Gasteiger partial charge in [-0.15, -0.1) is 11.3 Å². The molecular formula is C70H59BN2S. The molecule has 0 saturated carbocycles. The predicted molar refractivity (Wildman–Crippen MR) is 317 cm³/mol. The van der Waals surface area contributed by atoms with Crippen molar-refractivity contribution in [3.8, 4) is 44.5 Å². The van der Waals surface area contributed by atoms with Gasteiger partial charge in [-0.05, 0) is 157 Å². The van der Waals surface area contributed by atoms with Crippen LogP contribution in [0, 0.1) is 20.8 Å². The van der Waals surface area contributed by atoms with Crippen molar-refractivity contribution in [2.45, 2.75) is 78.6 Å². The van der Waals surface area contributed by atoms with Crippen LogP contribution in [0.5, 0.6) is 0 Å². The van der Waals surface area contributed by atoms with Crippen molar-refractivity contribution in [2.24, 2.45) is 0 Å². The number of rotatable bonds is 4. The molecule has 1 aromatic heterocycles. The lowest BCUT2D eigenvalue weighted by Gasteiger charge is -2.44. The Morgan fingerprint density at radius 2 is 0.973 bits per heavy atom. The number of aryl methyl sites for hydroxylation is 3. The van der Waals surface area contributed by atoms with E-state index in [1.807, 2.05) is 0 Å².